The van der Waals surface area contributed by atoms with Gasteiger partial charge in [0.25, 0.3) is 17.7 Å². The Bertz CT molecular complexity index is 824. The van der Waals surface area contributed by atoms with E-state index in [0.717, 1.165) is 10.5 Å². The van der Waals surface area contributed by atoms with Crippen molar-refractivity contribution in [3.8, 4) is 0 Å². The number of anilines is 1. The molecule has 7 heteroatoms. The third-order valence-corrected chi connectivity index (χ3v) is 4.44. The fraction of sp³-hybridized carbons (Fsp3) is 0.318. The van der Waals surface area contributed by atoms with Crippen molar-refractivity contribution in [3.63, 3.8) is 0 Å². The van der Waals surface area contributed by atoms with E-state index in [0.29, 0.717) is 30.9 Å². The highest BCUT2D eigenvalue weighted by atomic mass is 16.2. The molecule has 7 nitrogen and oxygen atoms in total. The molecule has 29 heavy (non-hydrogen) atoms. The second kappa shape index (κ2) is 11.6. The van der Waals surface area contributed by atoms with Crippen LogP contribution in [0.2, 0.25) is 0 Å². The zero-order valence-corrected chi connectivity index (χ0v) is 17.0. The third-order valence-electron chi connectivity index (χ3n) is 4.44. The lowest BCUT2D eigenvalue weighted by molar-refractivity contribution is -0.881. The molecule has 0 bridgehead atoms. The van der Waals surface area contributed by atoms with Gasteiger partial charge in [-0.05, 0) is 31.5 Å². The van der Waals surface area contributed by atoms with Gasteiger partial charge in [0.2, 0.25) is 0 Å². The molecule has 0 fully saturated rings. The maximum absolute atomic E-state index is 12.6. The summed E-state index contributed by atoms with van der Waals surface area (Å²) < 4.78 is 0. The summed E-state index contributed by atoms with van der Waals surface area (Å²) in [5, 5.41) is 8.42. The first kappa shape index (κ1) is 22.1. The Morgan fingerprint density at radius 1 is 0.828 bits per heavy atom. The molecule has 0 radical (unpaired) electrons. The summed E-state index contributed by atoms with van der Waals surface area (Å²) in [4.78, 5) is 37.7. The van der Waals surface area contributed by atoms with Gasteiger partial charge >= 0.3 is 0 Å². The maximum atomic E-state index is 12.6. The average molecular weight is 397 g/mol. The number of carbonyl (C=O) groups excluding carboxylic acids is 3. The molecule has 1 atom stereocenters. The monoisotopic (exact) mass is 397 g/mol. The van der Waals surface area contributed by atoms with E-state index < -0.39 is 0 Å². The summed E-state index contributed by atoms with van der Waals surface area (Å²) in [5.41, 5.74) is 1.85. The van der Waals surface area contributed by atoms with Crippen LogP contribution in [0.25, 0.3) is 0 Å². The standard InChI is InChI=1S/C22H28N4O3/c1-3-23-20(27)15-26(4-2)16-21(28)25-19-13-9-8-12-18(19)22(29)24-14-17-10-6-5-7-11-17/h5-13H,3-4,14-16H2,1-2H3,(H,23,27)(H,24,29)(H,25,28)/p+1. The zero-order valence-electron chi connectivity index (χ0n) is 17.0. The summed E-state index contributed by atoms with van der Waals surface area (Å²) >= 11 is 0. The molecule has 0 heterocycles. The van der Waals surface area contributed by atoms with Crippen LogP contribution in [0.4, 0.5) is 5.69 Å². The smallest absolute Gasteiger partial charge is 0.279 e. The molecule has 4 N–H and O–H groups in total. The highest BCUT2D eigenvalue weighted by Crippen LogP contribution is 2.15. The van der Waals surface area contributed by atoms with Gasteiger partial charge in [0.1, 0.15) is 0 Å². The first-order valence-corrected chi connectivity index (χ1v) is 9.84. The van der Waals surface area contributed by atoms with Crippen molar-refractivity contribution in [2.24, 2.45) is 0 Å². The number of amides is 3. The fourth-order valence-corrected chi connectivity index (χ4v) is 2.88. The quantitative estimate of drug-likeness (QED) is 0.473. The van der Waals surface area contributed by atoms with Gasteiger partial charge in [-0.15, -0.1) is 0 Å². The van der Waals surface area contributed by atoms with E-state index in [9.17, 15) is 14.4 Å². The summed E-state index contributed by atoms with van der Waals surface area (Å²) in [7, 11) is 0. The van der Waals surface area contributed by atoms with Gasteiger partial charge in [0.15, 0.2) is 13.1 Å². The molecule has 0 saturated carbocycles. The number of benzene rings is 2. The number of nitrogens with one attached hydrogen (secondary N) is 4. The molecule has 0 aliphatic rings. The van der Waals surface area contributed by atoms with Crippen LogP contribution < -0.4 is 20.9 Å². The normalized spacial score (nSPS) is 11.4. The molecular formula is C22H29N4O3+. The Hall–Kier alpha value is -3.19. The van der Waals surface area contributed by atoms with E-state index in [4.69, 9.17) is 0 Å². The summed E-state index contributed by atoms with van der Waals surface area (Å²) in [6.45, 7) is 5.77. The van der Waals surface area contributed by atoms with Crippen molar-refractivity contribution in [1.82, 2.24) is 10.6 Å². The van der Waals surface area contributed by atoms with Crippen LogP contribution in [0.1, 0.15) is 29.8 Å². The summed E-state index contributed by atoms with van der Waals surface area (Å²) in [5.74, 6) is -0.584. The molecule has 154 valence electrons. The van der Waals surface area contributed by atoms with Crippen molar-refractivity contribution < 1.29 is 19.3 Å². The molecule has 0 spiro atoms. The minimum Gasteiger partial charge on any atom is -0.351 e. The topological polar surface area (TPSA) is 91.7 Å². The van der Waals surface area contributed by atoms with Gasteiger partial charge < -0.3 is 20.9 Å². The predicted octanol–water partition coefficient (Wildman–Crippen LogP) is 0.596. The SMILES string of the molecule is CCNC(=O)C[NH+](CC)CC(=O)Nc1ccccc1C(=O)NCc1ccccc1. The van der Waals surface area contributed by atoms with Gasteiger partial charge in [-0.2, -0.15) is 0 Å². The molecule has 0 saturated heterocycles. The molecular weight excluding hydrogens is 368 g/mol. The zero-order chi connectivity index (χ0) is 21.1. The molecule has 0 aliphatic carbocycles. The first-order valence-electron chi connectivity index (χ1n) is 9.84. The second-order valence-electron chi connectivity index (χ2n) is 6.67. The Labute approximate surface area is 171 Å². The molecule has 1 unspecified atom stereocenters. The van der Waals surface area contributed by atoms with Crippen LogP contribution in [0.15, 0.2) is 54.6 Å². The minimum absolute atomic E-state index is 0.0853. The van der Waals surface area contributed by atoms with Crippen molar-refractivity contribution >= 4 is 23.4 Å². The highest BCUT2D eigenvalue weighted by molar-refractivity contribution is 6.03. The summed E-state index contributed by atoms with van der Waals surface area (Å²) in [6, 6.07) is 16.5. The summed E-state index contributed by atoms with van der Waals surface area (Å²) in [6.07, 6.45) is 0. The number of carbonyl (C=O) groups is 3. The molecule has 2 aromatic carbocycles. The number of hydrogen-bond acceptors (Lipinski definition) is 3. The molecule has 0 aromatic heterocycles. The number of quaternary nitrogens is 1. The van der Waals surface area contributed by atoms with Crippen molar-refractivity contribution in [2.45, 2.75) is 20.4 Å². The van der Waals surface area contributed by atoms with Crippen molar-refractivity contribution in [2.75, 3.05) is 31.5 Å². The van der Waals surface area contributed by atoms with Gasteiger partial charge in [0.05, 0.1) is 17.8 Å². The highest BCUT2D eigenvalue weighted by Gasteiger charge is 2.18. The van der Waals surface area contributed by atoms with Crippen LogP contribution >= 0.6 is 0 Å². The van der Waals surface area contributed by atoms with Gasteiger partial charge in [-0.1, -0.05) is 42.5 Å². The van der Waals surface area contributed by atoms with E-state index in [1.54, 1.807) is 24.3 Å². The van der Waals surface area contributed by atoms with Gasteiger partial charge in [-0.3, -0.25) is 14.4 Å². The third kappa shape index (κ3) is 7.38. The van der Waals surface area contributed by atoms with E-state index in [1.165, 1.54) is 0 Å². The number of rotatable bonds is 10. The lowest BCUT2D eigenvalue weighted by atomic mass is 10.1. The maximum Gasteiger partial charge on any atom is 0.279 e. The second-order valence-corrected chi connectivity index (χ2v) is 6.67. The van der Waals surface area contributed by atoms with Crippen molar-refractivity contribution in [1.29, 1.82) is 0 Å². The first-order chi connectivity index (χ1) is 14.0. The molecule has 2 aromatic rings. The number of para-hydroxylation sites is 1. The van der Waals surface area contributed by atoms with Gasteiger partial charge in [0, 0.05) is 13.1 Å². The van der Waals surface area contributed by atoms with Crippen molar-refractivity contribution in [3.05, 3.63) is 65.7 Å². The average Bonchev–Trinajstić information content (AvgIpc) is 2.72. The lowest BCUT2D eigenvalue weighted by Gasteiger charge is -2.17. The fourth-order valence-electron chi connectivity index (χ4n) is 2.88. The van der Waals surface area contributed by atoms with E-state index in [2.05, 4.69) is 16.0 Å². The van der Waals surface area contributed by atoms with Crippen LogP contribution in [-0.4, -0.2) is 43.9 Å². The predicted molar refractivity (Wildman–Crippen MR) is 113 cm³/mol. The minimum atomic E-state index is -0.258. The van der Waals surface area contributed by atoms with E-state index in [-0.39, 0.29) is 30.8 Å². The Morgan fingerprint density at radius 3 is 2.17 bits per heavy atom. The van der Waals surface area contributed by atoms with Crippen LogP contribution in [-0.2, 0) is 16.1 Å². The molecule has 2 rings (SSSR count). The number of hydrogen-bond donors (Lipinski definition) is 4. The largest absolute Gasteiger partial charge is 0.351 e. The van der Waals surface area contributed by atoms with Crippen LogP contribution in [0.5, 0.6) is 0 Å². The Kier molecular flexibility index (Phi) is 8.85. The van der Waals surface area contributed by atoms with E-state index >= 15 is 0 Å². The lowest BCUT2D eigenvalue weighted by Crippen LogP contribution is -3.14. The number of likely N-dealkylation sites (N-methyl/N-ethyl adjacent to an activating group) is 2. The van der Waals surface area contributed by atoms with Crippen LogP contribution in [0.3, 0.4) is 0 Å². The molecule has 3 amide bonds. The van der Waals surface area contributed by atoms with Gasteiger partial charge in [-0.25, -0.2) is 0 Å². The molecule has 0 aliphatic heterocycles. The van der Waals surface area contributed by atoms with Crippen LogP contribution in [0, 0.1) is 0 Å². The Balaban J connectivity index is 1.97. The van der Waals surface area contributed by atoms with E-state index in [1.807, 2.05) is 44.2 Å². The Morgan fingerprint density at radius 2 is 1.48 bits per heavy atom.